The highest BCUT2D eigenvalue weighted by molar-refractivity contribution is 6.21. The molecule has 1 fully saturated rings. The molecule has 0 spiro atoms. The van der Waals surface area contributed by atoms with Crippen molar-refractivity contribution in [2.24, 2.45) is 0 Å². The van der Waals surface area contributed by atoms with Gasteiger partial charge in [-0.2, -0.15) is 0 Å². The second-order valence-corrected chi connectivity index (χ2v) is 6.97. The first-order valence-electron chi connectivity index (χ1n) is 9.01. The van der Waals surface area contributed by atoms with Crippen molar-refractivity contribution in [2.45, 2.75) is 45.6 Å². The van der Waals surface area contributed by atoms with E-state index in [1.165, 1.54) is 12.7 Å². The van der Waals surface area contributed by atoms with Crippen LogP contribution in [0, 0.1) is 0 Å². The van der Waals surface area contributed by atoms with Crippen molar-refractivity contribution >= 4 is 17.6 Å². The summed E-state index contributed by atoms with van der Waals surface area (Å²) in [5, 5.41) is 0. The summed E-state index contributed by atoms with van der Waals surface area (Å²) in [7, 11) is 1.33. The van der Waals surface area contributed by atoms with Crippen molar-refractivity contribution in [3.63, 3.8) is 0 Å². The van der Waals surface area contributed by atoms with Crippen molar-refractivity contribution in [1.29, 1.82) is 0 Å². The molecular formula is C21H25NO4. The fraction of sp³-hybridized carbons (Fsp3) is 0.429. The topological polar surface area (TPSA) is 55.8 Å². The van der Waals surface area contributed by atoms with Crippen molar-refractivity contribution < 1.29 is 19.1 Å². The lowest BCUT2D eigenvalue weighted by atomic mass is 10.0. The minimum absolute atomic E-state index is 0.135. The van der Waals surface area contributed by atoms with E-state index >= 15 is 0 Å². The average Bonchev–Trinajstić information content (AvgIpc) is 3.22. The Balaban J connectivity index is 2.01. The summed E-state index contributed by atoms with van der Waals surface area (Å²) < 4.78 is 10.5. The average molecular weight is 355 g/mol. The largest absolute Gasteiger partial charge is 0.465 e. The molecule has 0 aromatic heterocycles. The van der Waals surface area contributed by atoms with Gasteiger partial charge >= 0.3 is 5.97 Å². The van der Waals surface area contributed by atoms with E-state index < -0.39 is 5.97 Å². The molecule has 1 saturated heterocycles. The zero-order valence-electron chi connectivity index (χ0n) is 15.7. The molecule has 0 aliphatic carbocycles. The van der Waals surface area contributed by atoms with E-state index in [9.17, 15) is 9.59 Å². The van der Waals surface area contributed by atoms with Crippen LogP contribution < -0.4 is 4.90 Å². The molecule has 2 aliphatic rings. The Labute approximate surface area is 154 Å². The molecule has 0 radical (unpaired) electrons. The Bertz CT molecular complexity index is 768. The quantitative estimate of drug-likeness (QED) is 0.610. The number of benzene rings is 1. The van der Waals surface area contributed by atoms with E-state index in [0.29, 0.717) is 29.4 Å². The number of carbonyl (C=O) groups excluding carboxylic acids is 2. The molecule has 0 bridgehead atoms. The summed E-state index contributed by atoms with van der Waals surface area (Å²) in [6.45, 7) is 6.70. The smallest absolute Gasteiger partial charge is 0.340 e. The lowest BCUT2D eigenvalue weighted by Crippen LogP contribution is -2.25. The van der Waals surface area contributed by atoms with E-state index in [4.69, 9.17) is 9.47 Å². The molecule has 5 heteroatoms. The molecule has 3 rings (SSSR count). The Kier molecular flexibility index (Phi) is 5.28. The number of methoxy groups -OCH3 is 1. The molecular weight excluding hydrogens is 330 g/mol. The van der Waals surface area contributed by atoms with Crippen molar-refractivity contribution in [2.75, 3.05) is 18.6 Å². The van der Waals surface area contributed by atoms with Gasteiger partial charge in [0.2, 0.25) is 0 Å². The number of amides is 1. The molecule has 26 heavy (non-hydrogen) atoms. The summed E-state index contributed by atoms with van der Waals surface area (Å²) in [5.41, 5.74) is 3.22. The Morgan fingerprint density at radius 1 is 1.31 bits per heavy atom. The van der Waals surface area contributed by atoms with Crippen LogP contribution in [0.25, 0.3) is 0 Å². The summed E-state index contributed by atoms with van der Waals surface area (Å²) >= 11 is 0. The standard InChI is InChI=1S/C21H25NO4/c1-13(2)15-7-9-16(10-8-15)22-14(3)19(21(24)25-4)18(20(22)23)12-17-6-5-11-26-17/h7-10,12-13,17H,5-6,11H2,1-4H3/b18-12-. The highest BCUT2D eigenvalue weighted by Gasteiger charge is 2.38. The summed E-state index contributed by atoms with van der Waals surface area (Å²) in [4.78, 5) is 27.0. The van der Waals surface area contributed by atoms with E-state index in [1.807, 2.05) is 24.3 Å². The van der Waals surface area contributed by atoms with E-state index in [2.05, 4.69) is 13.8 Å². The van der Waals surface area contributed by atoms with Crippen molar-refractivity contribution in [1.82, 2.24) is 0 Å². The third-order valence-corrected chi connectivity index (χ3v) is 4.92. The maximum absolute atomic E-state index is 13.1. The van der Waals surface area contributed by atoms with Crippen LogP contribution in [0.5, 0.6) is 0 Å². The lowest BCUT2D eigenvalue weighted by molar-refractivity contribution is -0.136. The van der Waals surface area contributed by atoms with Gasteiger partial charge in [0.1, 0.15) is 0 Å². The number of ether oxygens (including phenoxy) is 2. The SMILES string of the molecule is COC(=O)C1=C(C)N(c2ccc(C(C)C)cc2)C(=O)/C1=C\C1CCCO1. The van der Waals surface area contributed by atoms with Crippen LogP contribution in [0.15, 0.2) is 47.2 Å². The fourth-order valence-corrected chi connectivity index (χ4v) is 3.44. The number of nitrogens with zero attached hydrogens (tertiary/aromatic N) is 1. The highest BCUT2D eigenvalue weighted by Crippen LogP contribution is 2.35. The van der Waals surface area contributed by atoms with Gasteiger partial charge in [-0.1, -0.05) is 26.0 Å². The number of allylic oxidation sites excluding steroid dienone is 1. The first kappa shape index (κ1) is 18.4. The molecule has 2 heterocycles. The molecule has 1 aromatic carbocycles. The van der Waals surface area contributed by atoms with E-state index in [0.717, 1.165) is 18.5 Å². The van der Waals surface area contributed by atoms with Crippen LogP contribution in [-0.2, 0) is 19.1 Å². The molecule has 1 aromatic rings. The molecule has 0 saturated carbocycles. The minimum atomic E-state index is -0.499. The predicted octanol–water partition coefficient (Wildman–Crippen LogP) is 3.71. The van der Waals surface area contributed by atoms with Gasteiger partial charge in [0.15, 0.2) is 0 Å². The number of hydrogen-bond acceptors (Lipinski definition) is 4. The lowest BCUT2D eigenvalue weighted by Gasteiger charge is -2.19. The Hall–Kier alpha value is -2.40. The summed E-state index contributed by atoms with van der Waals surface area (Å²) in [6, 6.07) is 7.86. The Morgan fingerprint density at radius 2 is 2.00 bits per heavy atom. The zero-order valence-corrected chi connectivity index (χ0v) is 15.7. The van der Waals surface area contributed by atoms with Gasteiger partial charge in [-0.05, 0) is 49.5 Å². The minimum Gasteiger partial charge on any atom is -0.465 e. The predicted molar refractivity (Wildman–Crippen MR) is 99.8 cm³/mol. The second kappa shape index (κ2) is 7.46. The number of rotatable bonds is 4. The molecule has 1 amide bonds. The second-order valence-electron chi connectivity index (χ2n) is 6.97. The maximum Gasteiger partial charge on any atom is 0.340 e. The molecule has 0 N–H and O–H groups in total. The van der Waals surface area contributed by atoms with Gasteiger partial charge < -0.3 is 9.47 Å². The number of hydrogen-bond donors (Lipinski definition) is 0. The number of carbonyl (C=O) groups is 2. The van der Waals surface area contributed by atoms with Gasteiger partial charge in [0.25, 0.3) is 5.91 Å². The normalized spacial score (nSPS) is 22.0. The number of anilines is 1. The third-order valence-electron chi connectivity index (χ3n) is 4.92. The molecule has 2 aliphatic heterocycles. The highest BCUT2D eigenvalue weighted by atomic mass is 16.5. The molecule has 1 unspecified atom stereocenters. The van der Waals surface area contributed by atoms with Crippen LogP contribution in [0.2, 0.25) is 0 Å². The summed E-state index contributed by atoms with van der Waals surface area (Å²) in [6.07, 6.45) is 3.45. The van der Waals surface area contributed by atoms with Gasteiger partial charge in [0, 0.05) is 18.0 Å². The van der Waals surface area contributed by atoms with Crippen LogP contribution in [0.1, 0.15) is 45.1 Å². The van der Waals surface area contributed by atoms with Gasteiger partial charge in [-0.25, -0.2) is 4.79 Å². The first-order chi connectivity index (χ1) is 12.4. The van der Waals surface area contributed by atoms with Gasteiger partial charge in [0.05, 0.1) is 24.4 Å². The maximum atomic E-state index is 13.1. The molecule has 138 valence electrons. The van der Waals surface area contributed by atoms with Crippen molar-refractivity contribution in [3.8, 4) is 0 Å². The monoisotopic (exact) mass is 355 g/mol. The fourth-order valence-electron chi connectivity index (χ4n) is 3.44. The van der Waals surface area contributed by atoms with Crippen molar-refractivity contribution in [3.05, 3.63) is 52.7 Å². The zero-order chi connectivity index (χ0) is 18.8. The number of esters is 1. The van der Waals surface area contributed by atoms with Crippen LogP contribution in [0.3, 0.4) is 0 Å². The van der Waals surface area contributed by atoms with Gasteiger partial charge in [-0.3, -0.25) is 9.69 Å². The van der Waals surface area contributed by atoms with E-state index in [1.54, 1.807) is 17.9 Å². The summed E-state index contributed by atoms with van der Waals surface area (Å²) in [5.74, 6) is -0.298. The van der Waals surface area contributed by atoms with E-state index in [-0.39, 0.29) is 12.0 Å². The van der Waals surface area contributed by atoms with Crippen LogP contribution in [0.4, 0.5) is 5.69 Å². The third kappa shape index (κ3) is 3.31. The molecule has 5 nitrogen and oxygen atoms in total. The van der Waals surface area contributed by atoms with Gasteiger partial charge in [-0.15, -0.1) is 0 Å². The van der Waals surface area contributed by atoms with Crippen LogP contribution >= 0.6 is 0 Å². The van der Waals surface area contributed by atoms with Crippen LogP contribution in [-0.4, -0.2) is 31.7 Å². The molecule has 1 atom stereocenters. The first-order valence-corrected chi connectivity index (χ1v) is 9.01. The Morgan fingerprint density at radius 3 is 2.54 bits per heavy atom.